The normalized spacial score (nSPS) is 17.3. The summed E-state index contributed by atoms with van der Waals surface area (Å²) in [7, 11) is 0. The van der Waals surface area contributed by atoms with Gasteiger partial charge in [-0.3, -0.25) is 5.10 Å². The molecule has 0 aliphatic carbocycles. The molecule has 2 aromatic heterocycles. The number of benzene rings is 1. The van der Waals surface area contributed by atoms with Crippen LogP contribution in [0.15, 0.2) is 59.8 Å². The van der Waals surface area contributed by atoms with Gasteiger partial charge in [-0.25, -0.2) is 9.97 Å². The maximum absolute atomic E-state index is 4.75. The molecule has 4 rings (SSSR count). The van der Waals surface area contributed by atoms with Crippen LogP contribution in [0, 0.1) is 0 Å². The summed E-state index contributed by atoms with van der Waals surface area (Å²) >= 11 is 1.77. The molecular formula is C18H19N5S. The lowest BCUT2D eigenvalue weighted by Gasteiger charge is -2.17. The average molecular weight is 337 g/mol. The fourth-order valence-corrected chi connectivity index (χ4v) is 3.80. The second-order valence-corrected chi connectivity index (χ2v) is 6.93. The van der Waals surface area contributed by atoms with Crippen LogP contribution in [-0.2, 0) is 5.75 Å². The van der Waals surface area contributed by atoms with Crippen LogP contribution < -0.4 is 4.90 Å². The first-order chi connectivity index (χ1) is 11.9. The van der Waals surface area contributed by atoms with E-state index in [1.54, 1.807) is 11.8 Å². The number of hydrogen-bond donors (Lipinski definition) is 1. The minimum Gasteiger partial charge on any atom is -0.356 e. The van der Waals surface area contributed by atoms with Crippen molar-refractivity contribution >= 4 is 17.6 Å². The Morgan fingerprint density at radius 2 is 2.04 bits per heavy atom. The fourth-order valence-electron chi connectivity index (χ4n) is 3.01. The highest BCUT2D eigenvalue weighted by molar-refractivity contribution is 7.98. The Kier molecular flexibility index (Phi) is 4.46. The molecule has 1 aliphatic heterocycles. The number of rotatable bonds is 5. The number of nitrogens with zero attached hydrogens (tertiary/aromatic N) is 4. The molecule has 1 aromatic carbocycles. The third kappa shape index (κ3) is 3.43. The van der Waals surface area contributed by atoms with E-state index < -0.39 is 0 Å². The molecule has 1 fully saturated rings. The van der Waals surface area contributed by atoms with Gasteiger partial charge in [0.2, 0.25) is 0 Å². The zero-order valence-corrected chi connectivity index (χ0v) is 14.1. The molecular weight excluding hydrogens is 318 g/mol. The predicted molar refractivity (Wildman–Crippen MR) is 96.2 cm³/mol. The highest BCUT2D eigenvalue weighted by atomic mass is 32.2. The SMILES string of the molecule is c1ccc(SCc2nccc(N3CCC(c4ccn[nH]4)C3)n2)cc1. The predicted octanol–water partition coefficient (Wildman–Crippen LogP) is 3.49. The van der Waals surface area contributed by atoms with Gasteiger partial charge in [0.1, 0.15) is 11.6 Å². The zero-order chi connectivity index (χ0) is 16.2. The standard InChI is InChI=1S/C18H19N5S/c1-2-4-15(5-3-1)24-13-17-19-9-7-18(21-17)23-11-8-14(12-23)16-6-10-20-22-16/h1-7,9-10,14H,8,11-13H2,(H,20,22). The van der Waals surface area contributed by atoms with Gasteiger partial charge in [-0.2, -0.15) is 5.10 Å². The second-order valence-electron chi connectivity index (χ2n) is 5.88. The van der Waals surface area contributed by atoms with Crippen LogP contribution in [0.5, 0.6) is 0 Å². The van der Waals surface area contributed by atoms with Crippen LogP contribution in [0.1, 0.15) is 23.9 Å². The van der Waals surface area contributed by atoms with Gasteiger partial charge in [-0.15, -0.1) is 11.8 Å². The van der Waals surface area contributed by atoms with Crippen molar-refractivity contribution in [3.8, 4) is 0 Å². The van der Waals surface area contributed by atoms with Crippen LogP contribution in [0.25, 0.3) is 0 Å². The third-order valence-electron chi connectivity index (χ3n) is 4.28. The summed E-state index contributed by atoms with van der Waals surface area (Å²) in [6.07, 6.45) is 4.81. The first-order valence-corrected chi connectivity index (χ1v) is 9.11. The molecule has 0 saturated carbocycles. The summed E-state index contributed by atoms with van der Waals surface area (Å²) in [6, 6.07) is 14.4. The highest BCUT2D eigenvalue weighted by Crippen LogP contribution is 2.29. The summed E-state index contributed by atoms with van der Waals surface area (Å²) in [5.41, 5.74) is 1.21. The number of aromatic amines is 1. The zero-order valence-electron chi connectivity index (χ0n) is 13.3. The summed E-state index contributed by atoms with van der Waals surface area (Å²) in [5, 5.41) is 7.15. The molecule has 5 nitrogen and oxygen atoms in total. The Morgan fingerprint density at radius 3 is 2.88 bits per heavy atom. The van der Waals surface area contributed by atoms with Crippen molar-refractivity contribution in [1.82, 2.24) is 20.2 Å². The fraction of sp³-hybridized carbons (Fsp3) is 0.278. The quantitative estimate of drug-likeness (QED) is 0.722. The van der Waals surface area contributed by atoms with Gasteiger partial charge >= 0.3 is 0 Å². The van der Waals surface area contributed by atoms with Crippen LogP contribution in [0.4, 0.5) is 5.82 Å². The minimum atomic E-state index is 0.504. The summed E-state index contributed by atoms with van der Waals surface area (Å²) < 4.78 is 0. The Labute approximate surface area is 145 Å². The molecule has 0 radical (unpaired) electrons. The minimum absolute atomic E-state index is 0.504. The van der Waals surface area contributed by atoms with Crippen molar-refractivity contribution in [3.05, 3.63) is 66.4 Å². The molecule has 1 saturated heterocycles. The number of hydrogen-bond acceptors (Lipinski definition) is 5. The first kappa shape index (κ1) is 15.2. The lowest BCUT2D eigenvalue weighted by Crippen LogP contribution is -2.21. The Hall–Kier alpha value is -2.34. The lowest BCUT2D eigenvalue weighted by molar-refractivity contribution is 0.737. The first-order valence-electron chi connectivity index (χ1n) is 8.12. The van der Waals surface area contributed by atoms with Crippen LogP contribution in [0.2, 0.25) is 0 Å². The van der Waals surface area contributed by atoms with Gasteiger partial charge in [0, 0.05) is 42.0 Å². The van der Waals surface area contributed by atoms with E-state index in [1.165, 1.54) is 10.6 Å². The Morgan fingerprint density at radius 1 is 1.12 bits per heavy atom. The van der Waals surface area contributed by atoms with Gasteiger partial charge in [0.15, 0.2) is 0 Å². The van der Waals surface area contributed by atoms with E-state index in [4.69, 9.17) is 4.98 Å². The summed E-state index contributed by atoms with van der Waals surface area (Å²) in [4.78, 5) is 12.8. The smallest absolute Gasteiger partial charge is 0.140 e. The van der Waals surface area contributed by atoms with E-state index in [2.05, 4.69) is 50.4 Å². The molecule has 3 aromatic rings. The van der Waals surface area contributed by atoms with Gasteiger partial charge in [-0.05, 0) is 30.7 Å². The van der Waals surface area contributed by atoms with Crippen molar-refractivity contribution in [2.24, 2.45) is 0 Å². The molecule has 24 heavy (non-hydrogen) atoms. The van der Waals surface area contributed by atoms with Gasteiger partial charge in [-0.1, -0.05) is 18.2 Å². The number of anilines is 1. The molecule has 1 N–H and O–H groups in total. The molecule has 1 aliphatic rings. The van der Waals surface area contributed by atoms with E-state index >= 15 is 0 Å². The van der Waals surface area contributed by atoms with Crippen LogP contribution in [-0.4, -0.2) is 33.3 Å². The van der Waals surface area contributed by atoms with E-state index in [0.717, 1.165) is 36.9 Å². The monoisotopic (exact) mass is 337 g/mol. The van der Waals surface area contributed by atoms with Gasteiger partial charge in [0.25, 0.3) is 0 Å². The molecule has 1 unspecified atom stereocenters. The van der Waals surface area contributed by atoms with E-state index in [1.807, 2.05) is 24.5 Å². The largest absolute Gasteiger partial charge is 0.356 e. The average Bonchev–Trinajstić information content (AvgIpc) is 3.32. The number of H-pyrrole nitrogens is 1. The van der Waals surface area contributed by atoms with Crippen molar-refractivity contribution in [3.63, 3.8) is 0 Å². The number of thioether (sulfide) groups is 1. The van der Waals surface area contributed by atoms with Crippen molar-refractivity contribution in [2.75, 3.05) is 18.0 Å². The Bertz CT molecular complexity index is 775. The maximum atomic E-state index is 4.75. The molecule has 122 valence electrons. The third-order valence-corrected chi connectivity index (χ3v) is 5.28. The van der Waals surface area contributed by atoms with Crippen molar-refractivity contribution in [2.45, 2.75) is 23.0 Å². The maximum Gasteiger partial charge on any atom is 0.140 e. The van der Waals surface area contributed by atoms with E-state index in [9.17, 15) is 0 Å². The van der Waals surface area contributed by atoms with Crippen molar-refractivity contribution in [1.29, 1.82) is 0 Å². The van der Waals surface area contributed by atoms with Gasteiger partial charge < -0.3 is 4.90 Å². The molecule has 0 bridgehead atoms. The number of nitrogens with one attached hydrogen (secondary N) is 1. The molecule has 1 atom stereocenters. The topological polar surface area (TPSA) is 57.7 Å². The van der Waals surface area contributed by atoms with E-state index in [0.29, 0.717) is 5.92 Å². The second kappa shape index (κ2) is 7.05. The summed E-state index contributed by atoms with van der Waals surface area (Å²) in [6.45, 7) is 2.00. The summed E-state index contributed by atoms with van der Waals surface area (Å²) in [5.74, 6) is 3.20. The lowest BCUT2D eigenvalue weighted by atomic mass is 10.1. The number of aromatic nitrogens is 4. The molecule has 3 heterocycles. The molecule has 6 heteroatoms. The van der Waals surface area contributed by atoms with Crippen molar-refractivity contribution < 1.29 is 0 Å². The van der Waals surface area contributed by atoms with Crippen LogP contribution >= 0.6 is 11.8 Å². The Balaban J connectivity index is 1.41. The molecule has 0 amide bonds. The molecule has 0 spiro atoms. The van der Waals surface area contributed by atoms with Crippen LogP contribution in [0.3, 0.4) is 0 Å². The van der Waals surface area contributed by atoms with E-state index in [-0.39, 0.29) is 0 Å². The van der Waals surface area contributed by atoms with Gasteiger partial charge in [0.05, 0.1) is 5.75 Å². The highest BCUT2D eigenvalue weighted by Gasteiger charge is 2.25.